The molecular formula is C18H22N6O4S2. The maximum absolute atomic E-state index is 13.2. The van der Waals surface area contributed by atoms with Gasteiger partial charge in [-0.25, -0.2) is 18.4 Å². The van der Waals surface area contributed by atoms with Gasteiger partial charge in [0.2, 0.25) is 15.9 Å². The number of amides is 1. The first-order valence-corrected chi connectivity index (χ1v) is 11.7. The summed E-state index contributed by atoms with van der Waals surface area (Å²) in [6.07, 6.45) is 4.56. The Labute approximate surface area is 178 Å². The largest absolute Gasteiger partial charge is 0.360 e. The smallest absolute Gasteiger partial charge is 0.249 e. The van der Waals surface area contributed by atoms with Gasteiger partial charge >= 0.3 is 0 Å². The number of carbonyl (C=O) groups excluding carboxylic acids is 1. The van der Waals surface area contributed by atoms with Gasteiger partial charge in [-0.3, -0.25) is 4.79 Å². The van der Waals surface area contributed by atoms with Gasteiger partial charge in [0.25, 0.3) is 0 Å². The fourth-order valence-corrected chi connectivity index (χ4v) is 6.64. The molecule has 1 aliphatic heterocycles. The Morgan fingerprint density at radius 1 is 1.30 bits per heavy atom. The summed E-state index contributed by atoms with van der Waals surface area (Å²) >= 11 is 1.31. The lowest BCUT2D eigenvalue weighted by Crippen LogP contribution is -2.43. The monoisotopic (exact) mass is 450 g/mol. The summed E-state index contributed by atoms with van der Waals surface area (Å²) in [5, 5.41) is 6.94. The molecule has 1 fully saturated rings. The number of imidazole rings is 1. The summed E-state index contributed by atoms with van der Waals surface area (Å²) < 4.78 is 34.5. The van der Waals surface area contributed by atoms with Gasteiger partial charge in [0.1, 0.15) is 16.6 Å². The van der Waals surface area contributed by atoms with Gasteiger partial charge in [0.15, 0.2) is 16.7 Å². The van der Waals surface area contributed by atoms with Gasteiger partial charge in [0.05, 0.1) is 10.6 Å². The van der Waals surface area contributed by atoms with Crippen molar-refractivity contribution < 1.29 is 17.7 Å². The molecule has 1 saturated heterocycles. The Balaban J connectivity index is 1.57. The zero-order chi connectivity index (χ0) is 21.6. The zero-order valence-corrected chi connectivity index (χ0v) is 18.7. The second kappa shape index (κ2) is 7.60. The van der Waals surface area contributed by atoms with Crippen molar-refractivity contribution in [3.63, 3.8) is 0 Å². The first-order chi connectivity index (χ1) is 14.2. The van der Waals surface area contributed by atoms with Crippen LogP contribution in [0.3, 0.4) is 0 Å². The quantitative estimate of drug-likeness (QED) is 0.632. The minimum absolute atomic E-state index is 0.0318. The minimum atomic E-state index is -3.90. The molecule has 1 aliphatic rings. The van der Waals surface area contributed by atoms with E-state index in [4.69, 9.17) is 4.52 Å². The van der Waals surface area contributed by atoms with Crippen LogP contribution >= 0.6 is 11.3 Å². The highest BCUT2D eigenvalue weighted by molar-refractivity contribution is 7.89. The van der Waals surface area contributed by atoms with Crippen LogP contribution in [0.2, 0.25) is 0 Å². The van der Waals surface area contributed by atoms with Crippen molar-refractivity contribution in [3.8, 4) is 10.7 Å². The number of thiazole rings is 1. The number of rotatable bonds is 5. The molecule has 0 spiro atoms. The predicted octanol–water partition coefficient (Wildman–Crippen LogP) is 2.25. The molecule has 30 heavy (non-hydrogen) atoms. The van der Waals surface area contributed by atoms with E-state index in [0.29, 0.717) is 18.0 Å². The number of hydrogen-bond acceptors (Lipinski definition) is 8. The first kappa shape index (κ1) is 20.7. The van der Waals surface area contributed by atoms with Crippen molar-refractivity contribution in [2.24, 2.45) is 7.05 Å². The highest BCUT2D eigenvalue weighted by atomic mass is 32.2. The van der Waals surface area contributed by atoms with E-state index < -0.39 is 22.0 Å². The summed E-state index contributed by atoms with van der Waals surface area (Å²) in [4.78, 5) is 22.6. The van der Waals surface area contributed by atoms with E-state index >= 15 is 0 Å². The highest BCUT2D eigenvalue weighted by Crippen LogP contribution is 2.33. The second-order valence-electron chi connectivity index (χ2n) is 7.21. The average molecular weight is 451 g/mol. The predicted molar refractivity (Wildman–Crippen MR) is 111 cm³/mol. The van der Waals surface area contributed by atoms with Crippen molar-refractivity contribution in [2.75, 3.05) is 11.9 Å². The topological polar surface area (TPSA) is 123 Å². The maximum atomic E-state index is 13.2. The number of anilines is 1. The Morgan fingerprint density at radius 2 is 2.07 bits per heavy atom. The lowest BCUT2D eigenvalue weighted by Gasteiger charge is -2.22. The van der Waals surface area contributed by atoms with E-state index in [0.717, 1.165) is 16.4 Å². The van der Waals surface area contributed by atoms with Gasteiger partial charge in [-0.15, -0.1) is 0 Å². The third kappa shape index (κ3) is 3.44. The van der Waals surface area contributed by atoms with E-state index in [1.165, 1.54) is 15.6 Å². The second-order valence-corrected chi connectivity index (χ2v) is 10.0. The fraction of sp³-hybridized carbons (Fsp3) is 0.444. The van der Waals surface area contributed by atoms with Crippen LogP contribution < -0.4 is 5.32 Å². The molecule has 160 valence electrons. The maximum Gasteiger partial charge on any atom is 0.249 e. The van der Waals surface area contributed by atoms with Gasteiger partial charge in [-0.1, -0.05) is 16.5 Å². The van der Waals surface area contributed by atoms with E-state index in [1.54, 1.807) is 20.0 Å². The highest BCUT2D eigenvalue weighted by Gasteiger charge is 2.42. The molecular weight excluding hydrogens is 428 g/mol. The van der Waals surface area contributed by atoms with Crippen LogP contribution in [-0.2, 0) is 21.9 Å². The molecule has 4 rings (SSSR count). The molecule has 12 heteroatoms. The number of sulfonamides is 1. The van der Waals surface area contributed by atoms with Crippen LogP contribution in [-0.4, -0.2) is 50.9 Å². The molecule has 0 radical (unpaired) electrons. The van der Waals surface area contributed by atoms with Crippen LogP contribution in [0.4, 0.5) is 5.13 Å². The molecule has 0 aromatic carbocycles. The van der Waals surface area contributed by atoms with E-state index in [1.807, 2.05) is 24.7 Å². The lowest BCUT2D eigenvalue weighted by atomic mass is 10.2. The van der Waals surface area contributed by atoms with Crippen LogP contribution in [0.15, 0.2) is 21.8 Å². The van der Waals surface area contributed by atoms with Crippen molar-refractivity contribution in [1.29, 1.82) is 0 Å². The van der Waals surface area contributed by atoms with E-state index in [9.17, 15) is 13.2 Å². The molecule has 0 aliphatic carbocycles. The number of aromatic nitrogens is 4. The van der Waals surface area contributed by atoms with E-state index in [-0.39, 0.29) is 22.9 Å². The summed E-state index contributed by atoms with van der Waals surface area (Å²) in [6.45, 7) is 5.24. The third-order valence-electron chi connectivity index (χ3n) is 5.09. The number of hydrogen-bond donors (Lipinski definition) is 1. The number of carbonyl (C=O) groups is 1. The minimum Gasteiger partial charge on any atom is -0.360 e. The standard InChI is InChI=1S/C18H22N6O4S2/c1-10-14(16-19-7-9-23(16)4)29-18(20-10)21-17(25)13-6-5-8-24(13)30(26,27)15-11(2)22-28-12(15)3/h7,9,13H,5-6,8H2,1-4H3,(H,20,21,25)/t13-/m0/s1. The van der Waals surface area contributed by atoms with Gasteiger partial charge in [-0.2, -0.15) is 4.31 Å². The lowest BCUT2D eigenvalue weighted by molar-refractivity contribution is -0.119. The zero-order valence-electron chi connectivity index (χ0n) is 17.0. The SMILES string of the molecule is Cc1nc(NC(=O)[C@@H]2CCCN2S(=O)(=O)c2c(C)noc2C)sc1-c1nccn1C. The van der Waals surface area contributed by atoms with E-state index in [2.05, 4.69) is 20.4 Å². The molecule has 10 nitrogen and oxygen atoms in total. The molecule has 1 N–H and O–H groups in total. The fourth-order valence-electron chi connectivity index (χ4n) is 3.68. The summed E-state index contributed by atoms with van der Waals surface area (Å²) in [7, 11) is -2.02. The Morgan fingerprint density at radius 3 is 2.70 bits per heavy atom. The summed E-state index contributed by atoms with van der Waals surface area (Å²) in [5.74, 6) is 0.575. The number of aryl methyl sites for hydroxylation is 4. The van der Waals surface area contributed by atoms with Crippen LogP contribution in [0.25, 0.3) is 10.7 Å². The summed E-state index contributed by atoms with van der Waals surface area (Å²) in [5.41, 5.74) is 1.03. The van der Waals surface area contributed by atoms with Gasteiger partial charge in [-0.05, 0) is 33.6 Å². The first-order valence-electron chi connectivity index (χ1n) is 9.41. The van der Waals surface area contributed by atoms with Crippen LogP contribution in [0.1, 0.15) is 30.0 Å². The molecule has 0 unspecified atom stereocenters. The Kier molecular flexibility index (Phi) is 5.24. The molecule has 3 aromatic rings. The van der Waals surface area contributed by atoms with Gasteiger partial charge in [0, 0.05) is 26.0 Å². The van der Waals surface area contributed by atoms with Crippen molar-refractivity contribution in [1.82, 2.24) is 24.0 Å². The van der Waals surface area contributed by atoms with Crippen LogP contribution in [0.5, 0.6) is 0 Å². The van der Waals surface area contributed by atoms with Crippen molar-refractivity contribution >= 4 is 32.4 Å². The van der Waals surface area contributed by atoms with Crippen molar-refractivity contribution in [2.45, 2.75) is 44.6 Å². The normalized spacial score (nSPS) is 17.5. The van der Waals surface area contributed by atoms with Crippen molar-refractivity contribution in [3.05, 3.63) is 29.5 Å². The molecule has 1 atom stereocenters. The number of nitrogens with one attached hydrogen (secondary N) is 1. The molecule has 4 heterocycles. The van der Waals surface area contributed by atoms with Gasteiger partial charge < -0.3 is 14.4 Å². The molecule has 0 saturated carbocycles. The molecule has 3 aromatic heterocycles. The van der Waals surface area contributed by atoms with Crippen LogP contribution in [0, 0.1) is 20.8 Å². The third-order valence-corrected chi connectivity index (χ3v) is 8.31. The molecule has 1 amide bonds. The Hall–Kier alpha value is -2.57. The number of nitrogens with zero attached hydrogens (tertiary/aromatic N) is 5. The Bertz CT molecular complexity index is 1190. The molecule has 0 bridgehead atoms. The average Bonchev–Trinajstić information content (AvgIpc) is 3.43. The summed E-state index contributed by atoms with van der Waals surface area (Å²) in [6, 6.07) is -0.815.